The summed E-state index contributed by atoms with van der Waals surface area (Å²) in [6.07, 6.45) is 5.08. The third-order valence-electron chi connectivity index (χ3n) is 6.12. The number of hydrazine groups is 2. The summed E-state index contributed by atoms with van der Waals surface area (Å²) >= 11 is 0. The Morgan fingerprint density at radius 3 is 2.73 bits per heavy atom. The molecule has 0 bridgehead atoms. The lowest BCUT2D eigenvalue weighted by atomic mass is 9.86. The summed E-state index contributed by atoms with van der Waals surface area (Å²) in [5.41, 5.74) is 7.42. The van der Waals surface area contributed by atoms with Gasteiger partial charge in [0, 0.05) is 57.3 Å². The second kappa shape index (κ2) is 9.53. The van der Waals surface area contributed by atoms with Gasteiger partial charge in [-0.1, -0.05) is 6.07 Å². The molecule has 33 heavy (non-hydrogen) atoms. The average molecular weight is 456 g/mol. The molecule has 10 nitrogen and oxygen atoms in total. The minimum atomic E-state index is -0.582. The molecule has 2 atom stereocenters. The highest BCUT2D eigenvalue weighted by Gasteiger charge is 2.37. The third-order valence-corrected chi connectivity index (χ3v) is 6.12. The summed E-state index contributed by atoms with van der Waals surface area (Å²) in [6, 6.07) is 6.98. The van der Waals surface area contributed by atoms with Crippen molar-refractivity contribution in [1.29, 1.82) is 0 Å². The predicted molar refractivity (Wildman–Crippen MR) is 120 cm³/mol. The van der Waals surface area contributed by atoms with E-state index in [4.69, 9.17) is 9.15 Å². The maximum absolute atomic E-state index is 13.1. The molecular weight excluding hydrogens is 426 g/mol. The van der Waals surface area contributed by atoms with E-state index in [1.54, 1.807) is 42.5 Å². The predicted octanol–water partition coefficient (Wildman–Crippen LogP) is 1.57. The molecule has 2 amide bonds. The highest BCUT2D eigenvalue weighted by molar-refractivity contribution is 5.96. The average Bonchev–Trinajstić information content (AvgIpc) is 3.50. The van der Waals surface area contributed by atoms with E-state index in [1.165, 1.54) is 12.0 Å². The number of ether oxygens (including phenoxy) is 1. The van der Waals surface area contributed by atoms with Crippen LogP contribution >= 0.6 is 0 Å². The van der Waals surface area contributed by atoms with Gasteiger partial charge in [-0.2, -0.15) is 0 Å². The number of esters is 1. The van der Waals surface area contributed by atoms with E-state index in [1.807, 2.05) is 18.2 Å². The molecule has 0 aliphatic carbocycles. The number of nitrogens with zero attached hydrogens (tertiary/aromatic N) is 3. The van der Waals surface area contributed by atoms with Crippen molar-refractivity contribution < 1.29 is 23.5 Å². The molecule has 0 radical (unpaired) electrons. The standard InChI is InChI=1S/C23H29N5O5/c1-26(2)22(30)20-13-17-12-15(5-7-19(17)33-20)16-4-6-18(23(31)32-3)28(14-16)21(29)8-10-27-11-9-24-25-27/h5,7,9,11-13,16,18,24-25H,4,6,8,10,14H2,1-3H3/t16-,18-/m0/s1. The summed E-state index contributed by atoms with van der Waals surface area (Å²) in [7, 11) is 4.71. The lowest BCUT2D eigenvalue weighted by Crippen LogP contribution is -2.51. The Morgan fingerprint density at radius 1 is 1.21 bits per heavy atom. The first-order valence-corrected chi connectivity index (χ1v) is 10.9. The van der Waals surface area contributed by atoms with Crippen LogP contribution < -0.4 is 11.0 Å². The van der Waals surface area contributed by atoms with Crippen molar-refractivity contribution in [2.75, 3.05) is 34.3 Å². The Kier molecular flexibility index (Phi) is 6.55. The number of rotatable bonds is 6. The Labute approximate surface area is 192 Å². The van der Waals surface area contributed by atoms with E-state index in [0.29, 0.717) is 25.1 Å². The highest BCUT2D eigenvalue weighted by Crippen LogP contribution is 2.33. The number of carbonyl (C=O) groups is 3. The fraction of sp³-hybridized carbons (Fsp3) is 0.435. The molecule has 176 valence electrons. The quantitative estimate of drug-likeness (QED) is 0.632. The number of fused-ring (bicyclic) bond motifs is 1. The van der Waals surface area contributed by atoms with Crippen LogP contribution in [0.1, 0.15) is 41.3 Å². The van der Waals surface area contributed by atoms with Gasteiger partial charge in [-0.15, -0.1) is 5.53 Å². The van der Waals surface area contributed by atoms with E-state index in [9.17, 15) is 14.4 Å². The van der Waals surface area contributed by atoms with Crippen LogP contribution in [0.25, 0.3) is 11.0 Å². The van der Waals surface area contributed by atoms with E-state index in [0.717, 1.165) is 17.4 Å². The van der Waals surface area contributed by atoms with Crippen LogP contribution in [-0.4, -0.2) is 72.9 Å². The molecule has 10 heteroatoms. The van der Waals surface area contributed by atoms with Crippen molar-refractivity contribution in [3.63, 3.8) is 0 Å². The van der Waals surface area contributed by atoms with Gasteiger partial charge in [0.25, 0.3) is 5.91 Å². The number of amides is 2. The van der Waals surface area contributed by atoms with Crippen molar-refractivity contribution in [2.45, 2.75) is 31.2 Å². The number of hydrogen-bond acceptors (Lipinski definition) is 8. The number of carbonyl (C=O) groups excluding carboxylic acids is 3. The molecule has 0 saturated carbocycles. The Hall–Kier alpha value is -3.53. The molecule has 0 spiro atoms. The van der Waals surface area contributed by atoms with Gasteiger partial charge >= 0.3 is 5.97 Å². The van der Waals surface area contributed by atoms with Crippen molar-refractivity contribution in [2.24, 2.45) is 0 Å². The van der Waals surface area contributed by atoms with Crippen LogP contribution in [0, 0.1) is 0 Å². The molecule has 4 rings (SSSR count). The van der Waals surface area contributed by atoms with Gasteiger partial charge in [0.2, 0.25) is 5.91 Å². The normalized spacial score (nSPS) is 20.1. The molecule has 1 aromatic carbocycles. The highest BCUT2D eigenvalue weighted by atomic mass is 16.5. The summed E-state index contributed by atoms with van der Waals surface area (Å²) < 4.78 is 10.7. The second-order valence-corrected chi connectivity index (χ2v) is 8.48. The van der Waals surface area contributed by atoms with E-state index in [-0.39, 0.29) is 35.9 Å². The fourth-order valence-electron chi connectivity index (χ4n) is 4.32. The summed E-state index contributed by atoms with van der Waals surface area (Å²) in [6.45, 7) is 0.897. The van der Waals surface area contributed by atoms with Crippen LogP contribution in [0.5, 0.6) is 0 Å². The van der Waals surface area contributed by atoms with Crippen molar-refractivity contribution in [1.82, 2.24) is 25.8 Å². The maximum atomic E-state index is 13.1. The first-order chi connectivity index (χ1) is 15.9. The number of methoxy groups -OCH3 is 1. The van der Waals surface area contributed by atoms with Gasteiger partial charge in [-0.05, 0) is 36.6 Å². The lowest BCUT2D eigenvalue weighted by Gasteiger charge is -2.38. The molecule has 2 aliphatic rings. The van der Waals surface area contributed by atoms with Gasteiger partial charge in [-0.3, -0.25) is 14.6 Å². The summed E-state index contributed by atoms with van der Waals surface area (Å²) in [5, 5.41) is 2.61. The van der Waals surface area contributed by atoms with E-state index >= 15 is 0 Å². The number of likely N-dealkylation sites (tertiary alicyclic amines) is 1. The number of benzene rings is 1. The zero-order valence-electron chi connectivity index (χ0n) is 19.0. The van der Waals surface area contributed by atoms with E-state index in [2.05, 4.69) is 11.0 Å². The van der Waals surface area contributed by atoms with Crippen LogP contribution in [-0.2, 0) is 14.3 Å². The second-order valence-electron chi connectivity index (χ2n) is 8.48. The summed E-state index contributed by atoms with van der Waals surface area (Å²) in [4.78, 5) is 40.8. The monoisotopic (exact) mass is 455 g/mol. The smallest absolute Gasteiger partial charge is 0.328 e. The molecular formula is C23H29N5O5. The zero-order chi connectivity index (χ0) is 23.5. The van der Waals surface area contributed by atoms with Crippen LogP contribution in [0.4, 0.5) is 0 Å². The molecule has 2 aliphatic heterocycles. The number of nitrogens with one attached hydrogen (secondary N) is 2. The van der Waals surface area contributed by atoms with Gasteiger partial charge in [0.15, 0.2) is 5.76 Å². The van der Waals surface area contributed by atoms with Gasteiger partial charge < -0.3 is 24.4 Å². The van der Waals surface area contributed by atoms with Gasteiger partial charge in [-0.25, -0.2) is 4.79 Å². The molecule has 3 heterocycles. The largest absolute Gasteiger partial charge is 0.467 e. The zero-order valence-corrected chi connectivity index (χ0v) is 19.0. The molecule has 1 saturated heterocycles. The Balaban J connectivity index is 1.52. The molecule has 2 aromatic rings. The van der Waals surface area contributed by atoms with Crippen molar-refractivity contribution in [3.8, 4) is 0 Å². The molecule has 2 N–H and O–H groups in total. The van der Waals surface area contributed by atoms with E-state index < -0.39 is 6.04 Å². The fourth-order valence-corrected chi connectivity index (χ4v) is 4.32. The first-order valence-electron chi connectivity index (χ1n) is 10.9. The summed E-state index contributed by atoms with van der Waals surface area (Å²) in [5.74, 6) is -0.327. The number of hydrogen-bond donors (Lipinski definition) is 2. The minimum Gasteiger partial charge on any atom is -0.467 e. The lowest BCUT2D eigenvalue weighted by molar-refractivity contribution is -0.155. The molecule has 1 fully saturated rings. The van der Waals surface area contributed by atoms with Gasteiger partial charge in [0.05, 0.1) is 7.11 Å². The minimum absolute atomic E-state index is 0.0635. The van der Waals surface area contributed by atoms with Crippen molar-refractivity contribution in [3.05, 3.63) is 48.0 Å². The number of piperidine rings is 1. The van der Waals surface area contributed by atoms with Gasteiger partial charge in [0.1, 0.15) is 11.6 Å². The Morgan fingerprint density at radius 2 is 2.03 bits per heavy atom. The molecule has 0 unspecified atom stereocenters. The van der Waals surface area contributed by atoms with Crippen LogP contribution in [0.2, 0.25) is 0 Å². The third kappa shape index (κ3) is 4.80. The first kappa shape index (κ1) is 22.7. The Bertz CT molecular complexity index is 1080. The van der Waals surface area contributed by atoms with Crippen molar-refractivity contribution >= 4 is 28.8 Å². The topological polar surface area (TPSA) is 107 Å². The maximum Gasteiger partial charge on any atom is 0.328 e. The SMILES string of the molecule is COC(=O)[C@@H]1CC[C@H](c2ccc3oc(C(=O)N(C)C)cc3c2)CN1C(=O)CCN1C=CNN1. The van der Waals surface area contributed by atoms with Crippen LogP contribution in [0.15, 0.2) is 41.1 Å². The molecule has 1 aromatic heterocycles. The van der Waals surface area contributed by atoms with Crippen LogP contribution in [0.3, 0.4) is 0 Å². The number of furan rings is 1.